The van der Waals surface area contributed by atoms with Gasteiger partial charge in [-0.1, -0.05) is 51.9 Å². The van der Waals surface area contributed by atoms with Crippen molar-refractivity contribution in [2.45, 2.75) is 71.1 Å². The summed E-state index contributed by atoms with van der Waals surface area (Å²) in [6.45, 7) is 1.89. The highest BCUT2D eigenvalue weighted by Gasteiger charge is 2.23. The van der Waals surface area contributed by atoms with E-state index in [4.69, 9.17) is 0 Å². The summed E-state index contributed by atoms with van der Waals surface area (Å²) >= 11 is 0. The molecule has 17 heavy (non-hydrogen) atoms. The van der Waals surface area contributed by atoms with Crippen LogP contribution in [0.3, 0.4) is 0 Å². The summed E-state index contributed by atoms with van der Waals surface area (Å²) in [6.07, 6.45) is 12.3. The van der Waals surface area contributed by atoms with Crippen LogP contribution >= 0.6 is 0 Å². The molecule has 1 aliphatic carbocycles. The largest absolute Gasteiger partial charge is 0.303 e. The van der Waals surface area contributed by atoms with Crippen LogP contribution < -0.4 is 0 Å². The minimum atomic E-state index is -0.0922. The molecule has 2 heteroatoms. The van der Waals surface area contributed by atoms with Crippen LogP contribution in [0.4, 0.5) is 0 Å². The predicted octanol–water partition coefficient (Wildman–Crippen LogP) is 3.92. The lowest BCUT2D eigenvalue weighted by Gasteiger charge is -2.19. The monoisotopic (exact) mass is 238 g/mol. The molecule has 0 spiro atoms. The first-order valence-corrected chi connectivity index (χ1v) is 7.23. The highest BCUT2D eigenvalue weighted by atomic mass is 16.1. The van der Waals surface area contributed by atoms with Gasteiger partial charge in [0.25, 0.3) is 0 Å². The van der Waals surface area contributed by atoms with E-state index in [0.717, 1.165) is 25.5 Å². The van der Waals surface area contributed by atoms with Gasteiger partial charge < -0.3 is 4.79 Å². The molecule has 0 radical (unpaired) electrons. The van der Waals surface area contributed by atoms with E-state index < -0.39 is 0 Å². The number of ketones is 1. The molecule has 1 fully saturated rings. The molecule has 2 atom stereocenters. The van der Waals surface area contributed by atoms with Gasteiger partial charge in [-0.2, -0.15) is 0 Å². The first-order valence-electron chi connectivity index (χ1n) is 7.23. The Morgan fingerprint density at radius 1 is 1.00 bits per heavy atom. The maximum Gasteiger partial charge on any atom is 0.136 e. The van der Waals surface area contributed by atoms with Gasteiger partial charge in [0.15, 0.2) is 0 Å². The number of hydrogen-bond donors (Lipinski definition) is 0. The van der Waals surface area contributed by atoms with Crippen molar-refractivity contribution in [2.24, 2.45) is 11.8 Å². The molecule has 1 rings (SSSR count). The van der Waals surface area contributed by atoms with Crippen LogP contribution in [0, 0.1) is 11.8 Å². The highest BCUT2D eigenvalue weighted by Crippen LogP contribution is 2.23. The van der Waals surface area contributed by atoms with Crippen LogP contribution in [0.2, 0.25) is 0 Å². The maximum absolute atomic E-state index is 12.1. The number of carbonyl (C=O) groups is 2. The normalized spacial score (nSPS) is 26.6. The highest BCUT2D eigenvalue weighted by molar-refractivity contribution is 5.83. The van der Waals surface area contributed by atoms with Crippen molar-refractivity contribution in [3.63, 3.8) is 0 Å². The summed E-state index contributed by atoms with van der Waals surface area (Å²) in [7, 11) is 0. The SMILES string of the molecule is CC(C=O)C1CCCCCCCCCCC1=O. The molecule has 2 unspecified atom stereocenters. The van der Waals surface area contributed by atoms with Crippen LogP contribution in [0.1, 0.15) is 71.1 Å². The van der Waals surface area contributed by atoms with Gasteiger partial charge in [-0.15, -0.1) is 0 Å². The Bertz CT molecular complexity index is 235. The van der Waals surface area contributed by atoms with E-state index in [1.165, 1.54) is 38.5 Å². The third-order valence-electron chi connectivity index (χ3n) is 3.95. The van der Waals surface area contributed by atoms with E-state index >= 15 is 0 Å². The molecule has 1 saturated carbocycles. The summed E-state index contributed by atoms with van der Waals surface area (Å²) in [5.74, 6) is 0.225. The van der Waals surface area contributed by atoms with Crippen molar-refractivity contribution in [1.29, 1.82) is 0 Å². The molecule has 0 aromatic rings. The molecule has 0 bridgehead atoms. The van der Waals surface area contributed by atoms with E-state index in [9.17, 15) is 9.59 Å². The van der Waals surface area contributed by atoms with Crippen molar-refractivity contribution < 1.29 is 9.59 Å². The van der Waals surface area contributed by atoms with Crippen LogP contribution in [0.15, 0.2) is 0 Å². The second-order valence-corrected chi connectivity index (χ2v) is 5.44. The van der Waals surface area contributed by atoms with Crippen molar-refractivity contribution in [3.05, 3.63) is 0 Å². The minimum Gasteiger partial charge on any atom is -0.303 e. The average molecular weight is 238 g/mol. The number of carbonyl (C=O) groups excluding carboxylic acids is 2. The fourth-order valence-corrected chi connectivity index (χ4v) is 2.72. The van der Waals surface area contributed by atoms with Gasteiger partial charge >= 0.3 is 0 Å². The van der Waals surface area contributed by atoms with Gasteiger partial charge in [0, 0.05) is 18.3 Å². The Morgan fingerprint density at radius 3 is 2.12 bits per heavy atom. The molecule has 0 aromatic heterocycles. The van der Waals surface area contributed by atoms with Gasteiger partial charge in [0.2, 0.25) is 0 Å². The van der Waals surface area contributed by atoms with Gasteiger partial charge in [0.1, 0.15) is 12.1 Å². The van der Waals surface area contributed by atoms with Crippen LogP contribution in [0.25, 0.3) is 0 Å². The molecule has 2 nitrogen and oxygen atoms in total. The Kier molecular flexibility index (Phi) is 7.14. The third kappa shape index (κ3) is 5.47. The summed E-state index contributed by atoms with van der Waals surface area (Å²) in [5, 5.41) is 0. The lowest BCUT2D eigenvalue weighted by Crippen LogP contribution is -2.23. The number of rotatable bonds is 2. The number of aldehydes is 1. The molecule has 0 saturated heterocycles. The van der Waals surface area contributed by atoms with Gasteiger partial charge in [0.05, 0.1) is 0 Å². The zero-order valence-corrected chi connectivity index (χ0v) is 11.1. The lowest BCUT2D eigenvalue weighted by molar-refractivity contribution is -0.127. The zero-order chi connectivity index (χ0) is 12.5. The molecular weight excluding hydrogens is 212 g/mol. The van der Waals surface area contributed by atoms with E-state index in [1.807, 2.05) is 6.92 Å². The van der Waals surface area contributed by atoms with E-state index in [1.54, 1.807) is 0 Å². The van der Waals surface area contributed by atoms with Crippen LogP contribution in [-0.2, 0) is 9.59 Å². The second-order valence-electron chi connectivity index (χ2n) is 5.44. The Hall–Kier alpha value is -0.660. The van der Waals surface area contributed by atoms with Crippen molar-refractivity contribution >= 4 is 12.1 Å². The Labute approximate surface area is 105 Å². The molecule has 98 valence electrons. The van der Waals surface area contributed by atoms with Crippen LogP contribution in [-0.4, -0.2) is 12.1 Å². The molecule has 0 N–H and O–H groups in total. The van der Waals surface area contributed by atoms with Crippen molar-refractivity contribution in [3.8, 4) is 0 Å². The van der Waals surface area contributed by atoms with Crippen LogP contribution in [0.5, 0.6) is 0 Å². The standard InChI is InChI=1S/C15H26O2/c1-13(12-16)14-10-8-6-4-2-3-5-7-9-11-15(14)17/h12-14H,2-11H2,1H3. The first-order chi connectivity index (χ1) is 8.25. The fraction of sp³-hybridized carbons (Fsp3) is 0.867. The molecule has 0 heterocycles. The molecule has 0 aromatic carbocycles. The van der Waals surface area contributed by atoms with Gasteiger partial charge in [-0.25, -0.2) is 0 Å². The van der Waals surface area contributed by atoms with Crippen molar-refractivity contribution in [2.75, 3.05) is 0 Å². The molecule has 0 aliphatic heterocycles. The molecular formula is C15H26O2. The van der Waals surface area contributed by atoms with Crippen molar-refractivity contribution in [1.82, 2.24) is 0 Å². The topological polar surface area (TPSA) is 34.1 Å². The smallest absolute Gasteiger partial charge is 0.136 e. The number of Topliss-reactive ketones (excluding diaryl/α,β-unsaturated/α-hetero) is 1. The minimum absolute atomic E-state index is 0.00748. The summed E-state index contributed by atoms with van der Waals surface area (Å²) in [4.78, 5) is 22.9. The van der Waals surface area contributed by atoms with E-state index in [0.29, 0.717) is 12.2 Å². The molecule has 0 amide bonds. The predicted molar refractivity (Wildman–Crippen MR) is 69.9 cm³/mol. The summed E-state index contributed by atoms with van der Waals surface area (Å²) < 4.78 is 0. The Balaban J connectivity index is 2.50. The first kappa shape index (κ1) is 14.4. The lowest BCUT2D eigenvalue weighted by atomic mass is 9.84. The average Bonchev–Trinajstić information content (AvgIpc) is 2.33. The number of hydrogen-bond acceptors (Lipinski definition) is 2. The van der Waals surface area contributed by atoms with E-state index in [-0.39, 0.29) is 11.8 Å². The zero-order valence-electron chi connectivity index (χ0n) is 11.1. The Morgan fingerprint density at radius 2 is 1.53 bits per heavy atom. The second kappa shape index (κ2) is 8.43. The summed E-state index contributed by atoms with van der Waals surface area (Å²) in [5.41, 5.74) is 0. The van der Waals surface area contributed by atoms with Gasteiger partial charge in [-0.05, 0) is 12.8 Å². The maximum atomic E-state index is 12.1. The quantitative estimate of drug-likeness (QED) is 0.683. The molecule has 1 aliphatic rings. The van der Waals surface area contributed by atoms with E-state index in [2.05, 4.69) is 0 Å². The van der Waals surface area contributed by atoms with Gasteiger partial charge in [-0.3, -0.25) is 4.79 Å². The third-order valence-corrected chi connectivity index (χ3v) is 3.95. The summed E-state index contributed by atoms with van der Waals surface area (Å²) in [6, 6.07) is 0. The fourth-order valence-electron chi connectivity index (χ4n) is 2.72.